The molecule has 1 unspecified atom stereocenters. The molecule has 1 aliphatic rings. The second-order valence-electron chi connectivity index (χ2n) is 7.30. The van der Waals surface area contributed by atoms with Gasteiger partial charge in [-0.15, -0.1) is 0 Å². The maximum Gasteiger partial charge on any atom is 0.339 e. The van der Waals surface area contributed by atoms with Gasteiger partial charge in [-0.1, -0.05) is 43.3 Å². The topological polar surface area (TPSA) is 77.5 Å². The van der Waals surface area contributed by atoms with Gasteiger partial charge in [0.25, 0.3) is 5.91 Å². The molecule has 0 fully saturated rings. The third-order valence-corrected chi connectivity index (χ3v) is 5.40. The molecule has 0 spiro atoms. The van der Waals surface area contributed by atoms with E-state index >= 15 is 0 Å². The summed E-state index contributed by atoms with van der Waals surface area (Å²) in [6, 6.07) is 15.0. The number of aryl methyl sites for hydroxylation is 1. The number of nitrogens with zero attached hydrogens (tertiary/aromatic N) is 1. The first-order valence-corrected chi connectivity index (χ1v) is 10.1. The van der Waals surface area contributed by atoms with E-state index in [9.17, 15) is 9.59 Å². The Bertz CT molecular complexity index is 1110. The zero-order chi connectivity index (χ0) is 21.1. The van der Waals surface area contributed by atoms with E-state index in [0.717, 1.165) is 33.5 Å². The number of fused-ring (bicyclic) bond motifs is 2. The summed E-state index contributed by atoms with van der Waals surface area (Å²) in [6.07, 6.45) is 1.38. The summed E-state index contributed by atoms with van der Waals surface area (Å²) in [5.74, 6) is -0.0721. The van der Waals surface area contributed by atoms with Crippen LogP contribution in [0.4, 0.5) is 0 Å². The van der Waals surface area contributed by atoms with Gasteiger partial charge in [0, 0.05) is 23.1 Å². The first kappa shape index (κ1) is 19.9. The van der Waals surface area contributed by atoms with Crippen molar-refractivity contribution in [3.63, 3.8) is 0 Å². The Morgan fingerprint density at radius 3 is 2.77 bits per heavy atom. The van der Waals surface area contributed by atoms with Gasteiger partial charge in [-0.3, -0.25) is 9.78 Å². The van der Waals surface area contributed by atoms with Gasteiger partial charge in [0.1, 0.15) is 5.75 Å². The molecular formula is C24H24N2O4. The van der Waals surface area contributed by atoms with Crippen LogP contribution in [-0.2, 0) is 16.0 Å². The van der Waals surface area contributed by atoms with Crippen LogP contribution in [0.2, 0.25) is 0 Å². The van der Waals surface area contributed by atoms with E-state index in [4.69, 9.17) is 9.47 Å². The molecule has 3 aromatic rings. The highest BCUT2D eigenvalue weighted by Crippen LogP contribution is 2.31. The number of rotatable bonds is 5. The standard InChI is InChI=1S/C24H24N2O4/c1-3-18-15(2)23(17-9-4-6-10-19(17)25-18)24(28)30-14-22(27)26-20-12-13-29-21-11-7-5-8-16(20)21/h4-11,20H,3,12-14H2,1-2H3,(H,26,27). The number of aromatic nitrogens is 1. The minimum Gasteiger partial charge on any atom is -0.493 e. The molecule has 30 heavy (non-hydrogen) atoms. The molecule has 1 atom stereocenters. The van der Waals surface area contributed by atoms with Crippen LogP contribution < -0.4 is 10.1 Å². The van der Waals surface area contributed by atoms with Crippen molar-refractivity contribution in [2.45, 2.75) is 32.7 Å². The van der Waals surface area contributed by atoms with E-state index in [-0.39, 0.29) is 18.6 Å². The van der Waals surface area contributed by atoms with Crippen molar-refractivity contribution in [1.82, 2.24) is 10.3 Å². The third kappa shape index (κ3) is 3.85. The normalized spacial score (nSPS) is 15.2. The third-order valence-electron chi connectivity index (χ3n) is 5.40. The predicted octanol–water partition coefficient (Wildman–Crippen LogP) is 3.90. The molecule has 6 heteroatoms. The van der Waals surface area contributed by atoms with Crippen LogP contribution in [-0.4, -0.2) is 30.1 Å². The summed E-state index contributed by atoms with van der Waals surface area (Å²) in [4.78, 5) is 30.0. The number of carbonyl (C=O) groups is 2. The van der Waals surface area contributed by atoms with Gasteiger partial charge in [-0.05, 0) is 31.0 Å². The lowest BCUT2D eigenvalue weighted by atomic mass is 10.0. The summed E-state index contributed by atoms with van der Waals surface area (Å²) in [5, 5.41) is 3.68. The number of pyridine rings is 1. The van der Waals surface area contributed by atoms with Gasteiger partial charge in [0.05, 0.1) is 23.7 Å². The lowest BCUT2D eigenvalue weighted by Crippen LogP contribution is -2.35. The Balaban J connectivity index is 1.48. The van der Waals surface area contributed by atoms with Crippen LogP contribution >= 0.6 is 0 Å². The molecule has 2 aromatic carbocycles. The van der Waals surface area contributed by atoms with Gasteiger partial charge < -0.3 is 14.8 Å². The van der Waals surface area contributed by atoms with E-state index in [2.05, 4.69) is 10.3 Å². The van der Waals surface area contributed by atoms with Crippen molar-refractivity contribution in [3.05, 3.63) is 70.9 Å². The van der Waals surface area contributed by atoms with Crippen molar-refractivity contribution in [2.24, 2.45) is 0 Å². The Morgan fingerprint density at radius 2 is 1.93 bits per heavy atom. The lowest BCUT2D eigenvalue weighted by Gasteiger charge is -2.26. The molecule has 2 heterocycles. The number of hydrogen-bond acceptors (Lipinski definition) is 5. The molecule has 1 N–H and O–H groups in total. The highest BCUT2D eigenvalue weighted by molar-refractivity contribution is 6.05. The lowest BCUT2D eigenvalue weighted by molar-refractivity contribution is -0.125. The van der Waals surface area contributed by atoms with Crippen molar-refractivity contribution < 1.29 is 19.1 Å². The highest BCUT2D eigenvalue weighted by Gasteiger charge is 2.24. The molecule has 0 saturated carbocycles. The van der Waals surface area contributed by atoms with E-state index in [1.807, 2.05) is 62.4 Å². The molecule has 0 bridgehead atoms. The summed E-state index contributed by atoms with van der Waals surface area (Å²) in [6.45, 7) is 4.06. The molecule has 1 aliphatic heterocycles. The SMILES string of the molecule is CCc1nc2ccccc2c(C(=O)OCC(=O)NC2CCOc3ccccc32)c1C. The molecule has 1 aromatic heterocycles. The molecule has 1 amide bonds. The number of nitrogens with one attached hydrogen (secondary N) is 1. The summed E-state index contributed by atoms with van der Waals surface area (Å²) >= 11 is 0. The summed E-state index contributed by atoms with van der Waals surface area (Å²) in [5.41, 5.74) is 3.80. The fourth-order valence-corrected chi connectivity index (χ4v) is 3.90. The average molecular weight is 404 g/mol. The number of carbonyl (C=O) groups excluding carboxylic acids is 2. The molecule has 154 valence electrons. The molecule has 4 rings (SSSR count). The maximum atomic E-state index is 12.9. The van der Waals surface area contributed by atoms with Crippen LogP contribution in [0.5, 0.6) is 5.75 Å². The van der Waals surface area contributed by atoms with Gasteiger partial charge in [0.2, 0.25) is 0 Å². The number of benzene rings is 2. The van der Waals surface area contributed by atoms with Crippen LogP contribution in [0.15, 0.2) is 48.5 Å². The number of para-hydroxylation sites is 2. The second kappa shape index (κ2) is 8.53. The first-order valence-electron chi connectivity index (χ1n) is 10.1. The average Bonchev–Trinajstić information content (AvgIpc) is 2.77. The zero-order valence-corrected chi connectivity index (χ0v) is 17.1. The quantitative estimate of drug-likeness (QED) is 0.653. The fraction of sp³-hybridized carbons (Fsp3) is 0.292. The smallest absolute Gasteiger partial charge is 0.339 e. The van der Waals surface area contributed by atoms with Crippen LogP contribution in [0.25, 0.3) is 10.9 Å². The van der Waals surface area contributed by atoms with E-state index in [1.165, 1.54) is 0 Å². The Kier molecular flexibility index (Phi) is 5.65. The Morgan fingerprint density at radius 1 is 1.17 bits per heavy atom. The Labute approximate surface area is 175 Å². The van der Waals surface area contributed by atoms with Crippen molar-refractivity contribution in [1.29, 1.82) is 0 Å². The minimum atomic E-state index is -0.511. The monoisotopic (exact) mass is 404 g/mol. The number of amides is 1. The molecule has 0 radical (unpaired) electrons. The van der Waals surface area contributed by atoms with Crippen molar-refractivity contribution in [3.8, 4) is 5.75 Å². The van der Waals surface area contributed by atoms with Crippen LogP contribution in [0, 0.1) is 6.92 Å². The van der Waals surface area contributed by atoms with Crippen LogP contribution in [0.3, 0.4) is 0 Å². The van der Waals surface area contributed by atoms with Crippen molar-refractivity contribution >= 4 is 22.8 Å². The molecular weight excluding hydrogens is 380 g/mol. The molecule has 0 saturated heterocycles. The zero-order valence-electron chi connectivity index (χ0n) is 17.1. The van der Waals surface area contributed by atoms with E-state index in [0.29, 0.717) is 25.0 Å². The molecule has 0 aliphatic carbocycles. The van der Waals surface area contributed by atoms with E-state index < -0.39 is 5.97 Å². The largest absolute Gasteiger partial charge is 0.493 e. The second-order valence-corrected chi connectivity index (χ2v) is 7.30. The summed E-state index contributed by atoms with van der Waals surface area (Å²) < 4.78 is 11.0. The molecule has 6 nitrogen and oxygen atoms in total. The Hall–Kier alpha value is -3.41. The predicted molar refractivity (Wildman–Crippen MR) is 114 cm³/mol. The van der Waals surface area contributed by atoms with Gasteiger partial charge in [0.15, 0.2) is 6.61 Å². The highest BCUT2D eigenvalue weighted by atomic mass is 16.5. The summed E-state index contributed by atoms with van der Waals surface area (Å²) in [7, 11) is 0. The number of ether oxygens (including phenoxy) is 2. The van der Waals surface area contributed by atoms with Gasteiger partial charge >= 0.3 is 5.97 Å². The number of esters is 1. The van der Waals surface area contributed by atoms with E-state index in [1.54, 1.807) is 0 Å². The van der Waals surface area contributed by atoms with Gasteiger partial charge in [-0.25, -0.2) is 4.79 Å². The van der Waals surface area contributed by atoms with Crippen molar-refractivity contribution in [2.75, 3.05) is 13.2 Å². The first-order chi connectivity index (χ1) is 14.6. The minimum absolute atomic E-state index is 0.156. The van der Waals surface area contributed by atoms with Crippen LogP contribution in [0.1, 0.15) is 46.6 Å². The fourth-order valence-electron chi connectivity index (χ4n) is 3.90. The maximum absolute atomic E-state index is 12.9. The number of hydrogen-bond donors (Lipinski definition) is 1. The van der Waals surface area contributed by atoms with Gasteiger partial charge in [-0.2, -0.15) is 0 Å².